The van der Waals surface area contributed by atoms with Gasteiger partial charge in [0.1, 0.15) is 0 Å². The van der Waals surface area contributed by atoms with Crippen molar-refractivity contribution in [2.75, 3.05) is 0 Å². The number of halogens is 1. The van der Waals surface area contributed by atoms with Crippen molar-refractivity contribution in [1.82, 2.24) is 4.98 Å². The van der Waals surface area contributed by atoms with Gasteiger partial charge in [-0.2, -0.15) is 0 Å². The van der Waals surface area contributed by atoms with Gasteiger partial charge in [0.25, 0.3) is 0 Å². The molecule has 1 aromatic rings. The van der Waals surface area contributed by atoms with Gasteiger partial charge in [-0.15, -0.1) is 0 Å². The molecule has 0 aliphatic rings. The van der Waals surface area contributed by atoms with Crippen molar-refractivity contribution in [2.45, 2.75) is 27.2 Å². The topological polar surface area (TPSA) is 12.9 Å². The highest BCUT2D eigenvalue weighted by atomic mass is 79.9. The number of aromatic nitrogens is 1. The molecular weight excluding hydrogens is 202 g/mol. The van der Waals surface area contributed by atoms with Crippen molar-refractivity contribution in [3.8, 4) is 0 Å². The molecule has 0 saturated carbocycles. The molecule has 0 unspecified atom stereocenters. The minimum atomic E-state index is 1.06. The molecule has 0 radical (unpaired) electrons. The average Bonchev–Trinajstić information content (AvgIpc) is 2.09. The maximum atomic E-state index is 3.95. The molecule has 0 spiro atoms. The minimum absolute atomic E-state index is 1.06. The summed E-state index contributed by atoms with van der Waals surface area (Å²) in [4.78, 5) is 3.95. The first-order valence-electron chi connectivity index (χ1n) is 3.93. The first-order valence-corrected chi connectivity index (χ1v) is 4.72. The lowest BCUT2D eigenvalue weighted by atomic mass is 10.2. The Morgan fingerprint density at radius 3 is 2.45 bits per heavy atom. The first-order chi connectivity index (χ1) is 5.34. The monoisotopic (exact) mass is 215 g/mol. The van der Waals surface area contributed by atoms with Crippen LogP contribution in [0.2, 0.25) is 0 Å². The van der Waals surface area contributed by atoms with E-state index in [1.165, 1.54) is 5.56 Å². The predicted octanol–water partition coefficient (Wildman–Crippen LogP) is 3.43. The van der Waals surface area contributed by atoms with Crippen molar-refractivity contribution < 1.29 is 0 Å². The zero-order valence-electron chi connectivity index (χ0n) is 7.26. The van der Waals surface area contributed by atoms with E-state index in [0.29, 0.717) is 0 Å². The zero-order valence-corrected chi connectivity index (χ0v) is 8.85. The minimum Gasteiger partial charge on any atom is -0.264 e. The number of hydrogen-bond donors (Lipinski definition) is 0. The second-order valence-corrected chi connectivity index (χ2v) is 2.67. The van der Waals surface area contributed by atoms with E-state index in [0.717, 1.165) is 10.9 Å². The summed E-state index contributed by atoms with van der Waals surface area (Å²) in [7, 11) is 0. The third-order valence-corrected chi connectivity index (χ3v) is 1.95. The average molecular weight is 216 g/mol. The van der Waals surface area contributed by atoms with Gasteiger partial charge in [-0.3, -0.25) is 4.98 Å². The third-order valence-electron chi connectivity index (χ3n) is 1.24. The van der Waals surface area contributed by atoms with Gasteiger partial charge in [0.2, 0.25) is 0 Å². The van der Waals surface area contributed by atoms with Gasteiger partial charge < -0.3 is 0 Å². The predicted molar refractivity (Wildman–Crippen MR) is 52.7 cm³/mol. The summed E-state index contributed by atoms with van der Waals surface area (Å²) < 4.78 is 1.10. The van der Waals surface area contributed by atoms with Gasteiger partial charge in [-0.1, -0.05) is 20.8 Å². The lowest BCUT2D eigenvalue weighted by molar-refractivity contribution is 1.10. The highest BCUT2D eigenvalue weighted by Crippen LogP contribution is 2.13. The van der Waals surface area contributed by atoms with E-state index in [1.807, 2.05) is 32.3 Å². The molecule has 0 bridgehead atoms. The number of nitrogens with zero attached hydrogens (tertiary/aromatic N) is 1. The second kappa shape index (κ2) is 6.35. The van der Waals surface area contributed by atoms with Crippen LogP contribution in [0.5, 0.6) is 0 Å². The van der Waals surface area contributed by atoms with Crippen LogP contribution in [-0.2, 0) is 6.42 Å². The lowest BCUT2D eigenvalue weighted by Crippen LogP contribution is -1.81. The Morgan fingerprint density at radius 1 is 1.45 bits per heavy atom. The van der Waals surface area contributed by atoms with Crippen LogP contribution in [0.1, 0.15) is 26.3 Å². The maximum Gasteiger partial charge on any atom is 0.0412 e. The SMILES string of the molecule is CC.CCc1ccncc1Br. The van der Waals surface area contributed by atoms with Gasteiger partial charge in [-0.25, -0.2) is 0 Å². The number of pyridine rings is 1. The molecule has 11 heavy (non-hydrogen) atoms. The normalized spacial score (nSPS) is 8.36. The fourth-order valence-electron chi connectivity index (χ4n) is 0.691. The molecule has 0 aromatic carbocycles. The van der Waals surface area contributed by atoms with E-state index in [2.05, 4.69) is 27.8 Å². The lowest BCUT2D eigenvalue weighted by Gasteiger charge is -1.95. The Bertz CT molecular complexity index is 199. The fourth-order valence-corrected chi connectivity index (χ4v) is 1.22. The van der Waals surface area contributed by atoms with Crippen LogP contribution in [0.3, 0.4) is 0 Å². The van der Waals surface area contributed by atoms with Crippen LogP contribution < -0.4 is 0 Å². The smallest absolute Gasteiger partial charge is 0.0412 e. The molecule has 0 aliphatic heterocycles. The van der Waals surface area contributed by atoms with E-state index in [1.54, 1.807) is 0 Å². The van der Waals surface area contributed by atoms with Gasteiger partial charge in [0.05, 0.1) is 0 Å². The summed E-state index contributed by atoms with van der Waals surface area (Å²) >= 11 is 3.39. The van der Waals surface area contributed by atoms with E-state index in [-0.39, 0.29) is 0 Å². The molecule has 0 atom stereocenters. The van der Waals surface area contributed by atoms with Crippen LogP contribution in [0.25, 0.3) is 0 Å². The molecule has 0 fully saturated rings. The Hall–Kier alpha value is -0.370. The summed E-state index contributed by atoms with van der Waals surface area (Å²) in [6, 6.07) is 2.02. The van der Waals surface area contributed by atoms with Crippen molar-refractivity contribution in [3.05, 3.63) is 28.5 Å². The fraction of sp³-hybridized carbons (Fsp3) is 0.444. The molecule has 0 saturated heterocycles. The van der Waals surface area contributed by atoms with Crippen molar-refractivity contribution in [3.63, 3.8) is 0 Å². The van der Waals surface area contributed by atoms with Gasteiger partial charge in [0.15, 0.2) is 0 Å². The number of rotatable bonds is 1. The summed E-state index contributed by atoms with van der Waals surface area (Å²) in [5.74, 6) is 0. The summed E-state index contributed by atoms with van der Waals surface area (Å²) in [5.41, 5.74) is 1.31. The van der Waals surface area contributed by atoms with E-state index in [4.69, 9.17) is 0 Å². The van der Waals surface area contributed by atoms with Crippen LogP contribution >= 0.6 is 15.9 Å². The van der Waals surface area contributed by atoms with Crippen LogP contribution in [-0.4, -0.2) is 4.98 Å². The molecule has 0 N–H and O–H groups in total. The van der Waals surface area contributed by atoms with E-state index >= 15 is 0 Å². The van der Waals surface area contributed by atoms with E-state index in [9.17, 15) is 0 Å². The van der Waals surface area contributed by atoms with Crippen LogP contribution in [0, 0.1) is 0 Å². The van der Waals surface area contributed by atoms with Crippen molar-refractivity contribution >= 4 is 15.9 Å². The van der Waals surface area contributed by atoms with Crippen LogP contribution in [0.15, 0.2) is 22.9 Å². The quantitative estimate of drug-likeness (QED) is 0.700. The highest BCUT2D eigenvalue weighted by molar-refractivity contribution is 9.10. The zero-order chi connectivity index (χ0) is 8.69. The van der Waals surface area contributed by atoms with Crippen molar-refractivity contribution in [1.29, 1.82) is 0 Å². The van der Waals surface area contributed by atoms with Gasteiger partial charge in [-0.05, 0) is 34.0 Å². The molecule has 1 aromatic heterocycles. The Kier molecular flexibility index (Phi) is 6.13. The van der Waals surface area contributed by atoms with Gasteiger partial charge >= 0.3 is 0 Å². The number of hydrogen-bond acceptors (Lipinski definition) is 1. The molecule has 0 aliphatic carbocycles. The Morgan fingerprint density at radius 2 is 2.09 bits per heavy atom. The first kappa shape index (κ1) is 10.6. The standard InChI is InChI=1S/C7H8BrN.C2H6/c1-2-6-3-4-9-5-7(6)8;1-2/h3-5H,2H2,1H3;1-2H3. The van der Waals surface area contributed by atoms with Crippen molar-refractivity contribution in [2.24, 2.45) is 0 Å². The van der Waals surface area contributed by atoms with Gasteiger partial charge in [0, 0.05) is 16.9 Å². The molecule has 0 amide bonds. The molecule has 1 rings (SSSR count). The summed E-state index contributed by atoms with van der Waals surface area (Å²) in [6.45, 7) is 6.13. The van der Waals surface area contributed by atoms with E-state index < -0.39 is 0 Å². The Labute approximate surface area is 77.0 Å². The highest BCUT2D eigenvalue weighted by Gasteiger charge is 1.92. The second-order valence-electron chi connectivity index (χ2n) is 1.82. The molecular formula is C9H14BrN. The number of aryl methyl sites for hydroxylation is 1. The molecule has 1 heterocycles. The summed E-state index contributed by atoms with van der Waals surface area (Å²) in [6.07, 6.45) is 4.69. The maximum absolute atomic E-state index is 3.95. The Balaban J connectivity index is 0.000000461. The largest absolute Gasteiger partial charge is 0.264 e. The molecule has 2 heteroatoms. The molecule has 62 valence electrons. The molecule has 1 nitrogen and oxygen atoms in total. The summed E-state index contributed by atoms with van der Waals surface area (Å²) in [5, 5.41) is 0. The third kappa shape index (κ3) is 3.51. The van der Waals surface area contributed by atoms with Crippen LogP contribution in [0.4, 0.5) is 0 Å².